The van der Waals surface area contributed by atoms with Gasteiger partial charge in [0.05, 0.1) is 0 Å². The smallest absolute Gasteiger partial charge is 0.251 e. The predicted octanol–water partition coefficient (Wildman–Crippen LogP) is 13.6. The SMILES string of the molecule is Fc1ccc(-c2c3ccccc3c(-c3cc4ccc5cc(-c6ccc(C(F)(F)F)nc6)cc6ccc(c3)c4c56)c3ccccc23)c2ccccc12. The third-order valence-electron chi connectivity index (χ3n) is 10.3. The van der Waals surface area contributed by atoms with E-state index < -0.39 is 11.9 Å². The molecule has 51 heavy (non-hydrogen) atoms. The highest BCUT2D eigenvalue weighted by Gasteiger charge is 2.32. The van der Waals surface area contributed by atoms with E-state index in [1.165, 1.54) is 12.3 Å². The van der Waals surface area contributed by atoms with Gasteiger partial charge in [-0.1, -0.05) is 109 Å². The molecule has 0 bridgehead atoms. The Bertz CT molecular complexity index is 2890. The molecule has 0 aliphatic heterocycles. The van der Waals surface area contributed by atoms with E-state index in [1.54, 1.807) is 6.07 Å². The summed E-state index contributed by atoms with van der Waals surface area (Å²) < 4.78 is 54.5. The first-order valence-corrected chi connectivity index (χ1v) is 16.7. The highest BCUT2D eigenvalue weighted by molar-refractivity contribution is 6.27. The van der Waals surface area contributed by atoms with Crippen LogP contribution >= 0.6 is 0 Å². The number of fused-ring (bicyclic) bond motifs is 3. The summed E-state index contributed by atoms with van der Waals surface area (Å²) in [6.07, 6.45) is -3.19. The van der Waals surface area contributed by atoms with Gasteiger partial charge in [-0.3, -0.25) is 4.98 Å². The van der Waals surface area contributed by atoms with Gasteiger partial charge in [-0.25, -0.2) is 4.39 Å². The van der Waals surface area contributed by atoms with Crippen LogP contribution < -0.4 is 0 Å². The molecule has 9 aromatic carbocycles. The van der Waals surface area contributed by atoms with Crippen LogP contribution in [0, 0.1) is 5.82 Å². The average molecular weight is 668 g/mol. The number of aromatic nitrogens is 1. The Morgan fingerprint density at radius 3 is 1.37 bits per heavy atom. The monoisotopic (exact) mass is 667 g/mol. The first-order valence-electron chi connectivity index (χ1n) is 16.7. The zero-order valence-corrected chi connectivity index (χ0v) is 26.9. The lowest BCUT2D eigenvalue weighted by molar-refractivity contribution is -0.141. The second kappa shape index (κ2) is 10.8. The van der Waals surface area contributed by atoms with E-state index in [9.17, 15) is 13.2 Å². The quantitative estimate of drug-likeness (QED) is 0.104. The fourth-order valence-corrected chi connectivity index (χ4v) is 8.09. The van der Waals surface area contributed by atoms with Gasteiger partial charge in [-0.05, 0) is 123 Å². The molecule has 0 saturated carbocycles. The summed E-state index contributed by atoms with van der Waals surface area (Å²) in [6.45, 7) is 0. The van der Waals surface area contributed by atoms with Crippen molar-refractivity contribution in [3.8, 4) is 33.4 Å². The van der Waals surface area contributed by atoms with Crippen LogP contribution in [0.25, 0.3) is 98.0 Å². The molecule has 10 aromatic rings. The molecule has 0 fully saturated rings. The van der Waals surface area contributed by atoms with Crippen LogP contribution in [-0.2, 0) is 6.18 Å². The molecule has 1 nitrogen and oxygen atoms in total. The third-order valence-corrected chi connectivity index (χ3v) is 10.3. The molecule has 0 unspecified atom stereocenters. The second-order valence-corrected chi connectivity index (χ2v) is 13.1. The summed E-state index contributed by atoms with van der Waals surface area (Å²) in [5, 5.41) is 12.4. The Morgan fingerprint density at radius 2 is 0.882 bits per heavy atom. The van der Waals surface area contributed by atoms with Gasteiger partial charge in [-0.2, -0.15) is 13.2 Å². The summed E-state index contributed by atoms with van der Waals surface area (Å²) in [5.74, 6) is -0.235. The number of alkyl halides is 3. The van der Waals surface area contributed by atoms with Crippen LogP contribution in [0.5, 0.6) is 0 Å². The molecular formula is C46H25F4N. The van der Waals surface area contributed by atoms with Gasteiger partial charge in [-0.15, -0.1) is 0 Å². The highest BCUT2D eigenvalue weighted by Crippen LogP contribution is 2.47. The standard InChI is InChI=1S/C46H25F4N/c47-40-19-18-39(33-7-1-2-8-34(33)40)45-37-11-5-3-9-35(37)44(36-10-4-6-12-38(36)45)32-23-28-15-13-26-21-31(30-17-20-41(51-25-30)46(48,49)50)22-27-14-16-29(24-32)43(28)42(26)27/h1-25H. The summed E-state index contributed by atoms with van der Waals surface area (Å²) in [6, 6.07) is 47.6. The van der Waals surface area contributed by atoms with Crippen LogP contribution in [0.1, 0.15) is 5.69 Å². The van der Waals surface area contributed by atoms with Crippen molar-refractivity contribution < 1.29 is 17.6 Å². The van der Waals surface area contributed by atoms with Crippen LogP contribution in [0.15, 0.2) is 152 Å². The molecule has 5 heteroatoms. The largest absolute Gasteiger partial charge is 0.433 e. The van der Waals surface area contributed by atoms with Crippen molar-refractivity contribution in [3.63, 3.8) is 0 Å². The van der Waals surface area contributed by atoms with Crippen molar-refractivity contribution in [2.75, 3.05) is 0 Å². The average Bonchev–Trinajstić information content (AvgIpc) is 3.16. The molecule has 0 saturated heterocycles. The number of hydrogen-bond acceptors (Lipinski definition) is 1. The minimum atomic E-state index is -4.48. The molecule has 0 atom stereocenters. The first kappa shape index (κ1) is 29.6. The van der Waals surface area contributed by atoms with E-state index in [1.807, 2.05) is 42.5 Å². The van der Waals surface area contributed by atoms with Crippen LogP contribution in [-0.4, -0.2) is 4.98 Å². The fourth-order valence-electron chi connectivity index (χ4n) is 8.09. The van der Waals surface area contributed by atoms with Crippen molar-refractivity contribution in [2.45, 2.75) is 6.18 Å². The van der Waals surface area contributed by atoms with Gasteiger partial charge in [0.25, 0.3) is 0 Å². The summed E-state index contributed by atoms with van der Waals surface area (Å²) in [4.78, 5) is 3.69. The minimum Gasteiger partial charge on any atom is -0.251 e. The van der Waals surface area contributed by atoms with E-state index in [4.69, 9.17) is 0 Å². The molecule has 10 rings (SSSR count). The maximum Gasteiger partial charge on any atom is 0.433 e. The number of nitrogens with zero attached hydrogens (tertiary/aromatic N) is 1. The molecule has 0 aliphatic carbocycles. The van der Waals surface area contributed by atoms with Crippen LogP contribution in [0.4, 0.5) is 17.6 Å². The Hall–Kier alpha value is -6.33. The zero-order valence-electron chi connectivity index (χ0n) is 26.9. The number of halogens is 4. The van der Waals surface area contributed by atoms with Gasteiger partial charge in [0, 0.05) is 17.1 Å². The zero-order chi connectivity index (χ0) is 34.4. The van der Waals surface area contributed by atoms with E-state index in [0.29, 0.717) is 10.9 Å². The number of benzene rings is 9. The van der Waals surface area contributed by atoms with Gasteiger partial charge in [0.15, 0.2) is 0 Å². The molecule has 0 amide bonds. The van der Waals surface area contributed by atoms with Crippen molar-refractivity contribution in [1.82, 2.24) is 4.98 Å². The third kappa shape index (κ3) is 4.51. The topological polar surface area (TPSA) is 12.9 Å². The number of rotatable bonds is 3. The number of pyridine rings is 1. The highest BCUT2D eigenvalue weighted by atomic mass is 19.4. The van der Waals surface area contributed by atoms with E-state index in [2.05, 4.69) is 89.9 Å². The summed E-state index contributed by atoms with van der Waals surface area (Å²) in [7, 11) is 0. The Labute approximate surface area is 289 Å². The molecule has 0 N–H and O–H groups in total. The van der Waals surface area contributed by atoms with Gasteiger partial charge >= 0.3 is 6.18 Å². The molecule has 1 aromatic heterocycles. The Kier molecular flexibility index (Phi) is 6.28. The van der Waals surface area contributed by atoms with E-state index >= 15 is 4.39 Å². The maximum atomic E-state index is 15.0. The Balaban J connectivity index is 1.20. The fraction of sp³-hybridized carbons (Fsp3) is 0.0217. The number of hydrogen-bond donors (Lipinski definition) is 0. The van der Waals surface area contributed by atoms with Gasteiger partial charge in [0.2, 0.25) is 0 Å². The molecule has 0 aliphatic rings. The van der Waals surface area contributed by atoms with E-state index in [0.717, 1.165) is 93.1 Å². The van der Waals surface area contributed by atoms with Crippen molar-refractivity contribution in [1.29, 1.82) is 0 Å². The van der Waals surface area contributed by atoms with Crippen molar-refractivity contribution in [2.24, 2.45) is 0 Å². The molecule has 242 valence electrons. The second-order valence-electron chi connectivity index (χ2n) is 13.1. The molecule has 0 radical (unpaired) electrons. The van der Waals surface area contributed by atoms with Crippen LogP contribution in [0.2, 0.25) is 0 Å². The first-order chi connectivity index (χ1) is 24.8. The Morgan fingerprint density at radius 1 is 0.412 bits per heavy atom. The molecular weight excluding hydrogens is 643 g/mol. The minimum absolute atomic E-state index is 0.235. The lowest BCUT2D eigenvalue weighted by atomic mass is 9.83. The lowest BCUT2D eigenvalue weighted by Gasteiger charge is -2.20. The molecule has 1 heterocycles. The predicted molar refractivity (Wildman–Crippen MR) is 202 cm³/mol. The van der Waals surface area contributed by atoms with Gasteiger partial charge < -0.3 is 0 Å². The van der Waals surface area contributed by atoms with Crippen molar-refractivity contribution in [3.05, 3.63) is 163 Å². The normalized spacial score (nSPS) is 12.3. The molecule has 0 spiro atoms. The summed E-state index contributed by atoms with van der Waals surface area (Å²) >= 11 is 0. The summed E-state index contributed by atoms with van der Waals surface area (Å²) in [5.41, 5.74) is 4.85. The van der Waals surface area contributed by atoms with Crippen LogP contribution in [0.3, 0.4) is 0 Å². The van der Waals surface area contributed by atoms with E-state index in [-0.39, 0.29) is 5.82 Å². The van der Waals surface area contributed by atoms with Gasteiger partial charge in [0.1, 0.15) is 11.5 Å². The van der Waals surface area contributed by atoms with Crippen molar-refractivity contribution >= 4 is 64.6 Å². The lowest BCUT2D eigenvalue weighted by Crippen LogP contribution is -2.07. The maximum absolute atomic E-state index is 15.0.